The molecular formula is C10H17NO3S. The van der Waals surface area contributed by atoms with E-state index in [0.29, 0.717) is 0 Å². The molecular weight excluding hydrogens is 214 g/mol. The average molecular weight is 231 g/mol. The lowest BCUT2D eigenvalue weighted by molar-refractivity contribution is -0.144. The molecule has 0 aliphatic heterocycles. The van der Waals surface area contributed by atoms with Gasteiger partial charge in [0.2, 0.25) is 5.91 Å². The monoisotopic (exact) mass is 231 g/mol. The molecule has 0 aromatic rings. The standard InChI is InChI=1S/C10H17NO3S/c1-10(2,3)8(9(13)14)11-7(12)5-6-15-4/h5-6,8H,1-4H3,(H,11,12)(H,13,14)/b6-5+. The van der Waals surface area contributed by atoms with Crippen molar-refractivity contribution in [2.75, 3.05) is 6.26 Å². The number of carboxylic acid groups (broad SMARTS) is 1. The van der Waals surface area contributed by atoms with Gasteiger partial charge in [-0.25, -0.2) is 4.79 Å². The largest absolute Gasteiger partial charge is 0.480 e. The zero-order valence-corrected chi connectivity index (χ0v) is 10.2. The minimum Gasteiger partial charge on any atom is -0.480 e. The summed E-state index contributed by atoms with van der Waals surface area (Å²) in [5.74, 6) is -1.40. The van der Waals surface area contributed by atoms with Crippen LogP contribution in [0, 0.1) is 5.41 Å². The van der Waals surface area contributed by atoms with E-state index in [1.54, 1.807) is 26.2 Å². The quantitative estimate of drug-likeness (QED) is 0.719. The summed E-state index contributed by atoms with van der Waals surface area (Å²) in [5, 5.41) is 13.0. The maximum Gasteiger partial charge on any atom is 0.326 e. The van der Waals surface area contributed by atoms with Gasteiger partial charge in [0.25, 0.3) is 0 Å². The zero-order valence-electron chi connectivity index (χ0n) is 9.40. The third-order valence-electron chi connectivity index (χ3n) is 1.76. The molecule has 0 aliphatic rings. The summed E-state index contributed by atoms with van der Waals surface area (Å²) in [5.41, 5.74) is -0.505. The van der Waals surface area contributed by atoms with Crippen molar-refractivity contribution in [2.24, 2.45) is 5.41 Å². The molecule has 0 rings (SSSR count). The lowest BCUT2D eigenvalue weighted by Gasteiger charge is -2.27. The molecule has 0 aromatic carbocycles. The number of carboxylic acids is 1. The van der Waals surface area contributed by atoms with Gasteiger partial charge in [-0.05, 0) is 17.1 Å². The van der Waals surface area contributed by atoms with Gasteiger partial charge < -0.3 is 10.4 Å². The summed E-state index contributed by atoms with van der Waals surface area (Å²) in [4.78, 5) is 22.2. The van der Waals surface area contributed by atoms with Gasteiger partial charge in [-0.15, -0.1) is 11.8 Å². The van der Waals surface area contributed by atoms with Gasteiger partial charge in [-0.2, -0.15) is 0 Å². The third kappa shape index (κ3) is 5.47. The van der Waals surface area contributed by atoms with Crippen LogP contribution in [0.4, 0.5) is 0 Å². The number of hydrogen-bond donors (Lipinski definition) is 2. The van der Waals surface area contributed by atoms with Gasteiger partial charge in [-0.3, -0.25) is 4.79 Å². The summed E-state index contributed by atoms with van der Waals surface area (Å²) in [6, 6.07) is -0.878. The van der Waals surface area contributed by atoms with E-state index in [0.717, 1.165) is 0 Å². The van der Waals surface area contributed by atoms with Crippen molar-refractivity contribution in [3.05, 3.63) is 11.5 Å². The van der Waals surface area contributed by atoms with Gasteiger partial charge in [0, 0.05) is 6.08 Å². The number of nitrogens with one attached hydrogen (secondary N) is 1. The molecule has 0 saturated heterocycles. The lowest BCUT2D eigenvalue weighted by Crippen LogP contribution is -2.48. The Morgan fingerprint density at radius 3 is 2.27 bits per heavy atom. The molecule has 0 saturated carbocycles. The smallest absolute Gasteiger partial charge is 0.326 e. The molecule has 1 atom stereocenters. The molecule has 1 amide bonds. The minimum atomic E-state index is -1.02. The van der Waals surface area contributed by atoms with Gasteiger partial charge in [0.1, 0.15) is 6.04 Å². The predicted molar refractivity (Wildman–Crippen MR) is 61.7 cm³/mol. The number of rotatable bonds is 4. The molecule has 0 heterocycles. The van der Waals surface area contributed by atoms with Crippen LogP contribution >= 0.6 is 11.8 Å². The topological polar surface area (TPSA) is 66.4 Å². The van der Waals surface area contributed by atoms with Gasteiger partial charge in [-0.1, -0.05) is 20.8 Å². The summed E-state index contributed by atoms with van der Waals surface area (Å²) in [6.07, 6.45) is 3.15. The van der Waals surface area contributed by atoms with Gasteiger partial charge in [0.05, 0.1) is 0 Å². The highest BCUT2D eigenvalue weighted by atomic mass is 32.2. The maximum absolute atomic E-state index is 11.3. The lowest BCUT2D eigenvalue weighted by atomic mass is 9.87. The van der Waals surface area contributed by atoms with Crippen molar-refractivity contribution in [3.63, 3.8) is 0 Å². The molecule has 4 nitrogen and oxygen atoms in total. The number of carbonyl (C=O) groups is 2. The van der Waals surface area contributed by atoms with Crippen LogP contribution in [0.15, 0.2) is 11.5 Å². The Bertz CT molecular complexity index is 268. The predicted octanol–water partition coefficient (Wildman–Crippen LogP) is 1.48. The molecule has 5 heteroatoms. The Balaban J connectivity index is 4.51. The molecule has 2 N–H and O–H groups in total. The molecule has 0 bridgehead atoms. The fourth-order valence-electron chi connectivity index (χ4n) is 0.969. The molecule has 0 aromatic heterocycles. The number of aliphatic carboxylic acids is 1. The van der Waals surface area contributed by atoms with Crippen LogP contribution in [0.2, 0.25) is 0 Å². The van der Waals surface area contributed by atoms with Gasteiger partial charge >= 0.3 is 5.97 Å². The van der Waals surface area contributed by atoms with Crippen LogP contribution in [0.25, 0.3) is 0 Å². The fourth-order valence-corrected chi connectivity index (χ4v) is 1.23. The normalized spacial score (nSPS) is 13.9. The van der Waals surface area contributed by atoms with E-state index < -0.39 is 17.4 Å². The molecule has 86 valence electrons. The van der Waals surface area contributed by atoms with Crippen molar-refractivity contribution in [3.8, 4) is 0 Å². The van der Waals surface area contributed by atoms with E-state index in [9.17, 15) is 9.59 Å². The number of carbonyl (C=O) groups excluding carboxylic acids is 1. The van der Waals surface area contributed by atoms with Crippen molar-refractivity contribution < 1.29 is 14.7 Å². The Morgan fingerprint density at radius 1 is 1.40 bits per heavy atom. The molecule has 0 fully saturated rings. The van der Waals surface area contributed by atoms with Crippen molar-refractivity contribution >= 4 is 23.6 Å². The van der Waals surface area contributed by atoms with E-state index in [4.69, 9.17) is 5.11 Å². The van der Waals surface area contributed by atoms with E-state index in [1.807, 2.05) is 6.26 Å². The zero-order chi connectivity index (χ0) is 12.1. The number of hydrogen-bond acceptors (Lipinski definition) is 3. The van der Waals surface area contributed by atoms with Crippen LogP contribution < -0.4 is 5.32 Å². The fraction of sp³-hybridized carbons (Fsp3) is 0.600. The second-order valence-electron chi connectivity index (χ2n) is 4.18. The highest BCUT2D eigenvalue weighted by molar-refractivity contribution is 8.01. The Labute approximate surface area is 94.1 Å². The summed E-state index contributed by atoms with van der Waals surface area (Å²) in [6.45, 7) is 5.30. The van der Waals surface area contributed by atoms with Crippen LogP contribution in [-0.4, -0.2) is 29.3 Å². The van der Waals surface area contributed by atoms with E-state index >= 15 is 0 Å². The second-order valence-corrected chi connectivity index (χ2v) is 4.93. The second kappa shape index (κ2) is 5.80. The van der Waals surface area contributed by atoms with Crippen LogP contribution in [-0.2, 0) is 9.59 Å². The summed E-state index contributed by atoms with van der Waals surface area (Å²) in [7, 11) is 0. The Kier molecular flexibility index (Phi) is 5.43. The first-order valence-electron chi connectivity index (χ1n) is 4.51. The van der Waals surface area contributed by atoms with Crippen LogP contribution in [0.5, 0.6) is 0 Å². The maximum atomic E-state index is 11.3. The minimum absolute atomic E-state index is 0.383. The Morgan fingerprint density at radius 2 is 1.93 bits per heavy atom. The van der Waals surface area contributed by atoms with Crippen molar-refractivity contribution in [1.82, 2.24) is 5.32 Å². The van der Waals surface area contributed by atoms with Crippen molar-refractivity contribution in [2.45, 2.75) is 26.8 Å². The van der Waals surface area contributed by atoms with Gasteiger partial charge in [0.15, 0.2) is 0 Å². The van der Waals surface area contributed by atoms with E-state index in [1.165, 1.54) is 17.8 Å². The first kappa shape index (κ1) is 14.0. The summed E-state index contributed by atoms with van der Waals surface area (Å²) >= 11 is 1.38. The third-order valence-corrected chi connectivity index (χ3v) is 2.16. The summed E-state index contributed by atoms with van der Waals surface area (Å²) < 4.78 is 0. The van der Waals surface area contributed by atoms with Crippen LogP contribution in [0.3, 0.4) is 0 Å². The molecule has 15 heavy (non-hydrogen) atoms. The highest BCUT2D eigenvalue weighted by Crippen LogP contribution is 2.19. The van der Waals surface area contributed by atoms with E-state index in [2.05, 4.69) is 5.32 Å². The first-order chi connectivity index (χ1) is 6.79. The highest BCUT2D eigenvalue weighted by Gasteiger charge is 2.31. The molecule has 0 radical (unpaired) electrons. The molecule has 1 unspecified atom stereocenters. The number of thioether (sulfide) groups is 1. The van der Waals surface area contributed by atoms with Crippen LogP contribution in [0.1, 0.15) is 20.8 Å². The Hall–Kier alpha value is -0.970. The molecule has 0 spiro atoms. The van der Waals surface area contributed by atoms with Crippen molar-refractivity contribution in [1.29, 1.82) is 0 Å². The number of amides is 1. The first-order valence-corrected chi connectivity index (χ1v) is 5.80. The SMILES string of the molecule is CS/C=C/C(=O)NC(C(=O)O)C(C)(C)C. The van der Waals surface area contributed by atoms with E-state index in [-0.39, 0.29) is 5.91 Å². The average Bonchev–Trinajstić information content (AvgIpc) is 2.08. The molecule has 0 aliphatic carbocycles.